The Morgan fingerprint density at radius 2 is 1.67 bits per heavy atom. The molecule has 0 saturated carbocycles. The Balaban J connectivity index is 1.92. The topological polar surface area (TPSA) is 103 Å². The van der Waals surface area contributed by atoms with E-state index < -0.39 is 60.9 Å². The number of ether oxygens (including phenoxy) is 1. The van der Waals surface area contributed by atoms with Gasteiger partial charge in [-0.3, -0.25) is 14.2 Å². The normalized spacial score (nSPS) is 13.6. The van der Waals surface area contributed by atoms with Crippen LogP contribution in [0.25, 0.3) is 11.4 Å². The number of nitrogens with zero attached hydrogens (tertiary/aromatic N) is 3. The van der Waals surface area contributed by atoms with Gasteiger partial charge in [0.1, 0.15) is 12.3 Å². The molecule has 234 valence electrons. The predicted octanol–water partition coefficient (Wildman–Crippen LogP) is 5.44. The molecule has 0 fully saturated rings. The highest BCUT2D eigenvalue weighted by Gasteiger charge is 2.39. The highest BCUT2D eigenvalue weighted by Crippen LogP contribution is 2.33. The van der Waals surface area contributed by atoms with Crippen LogP contribution in [0.3, 0.4) is 0 Å². The van der Waals surface area contributed by atoms with Crippen LogP contribution in [0.2, 0.25) is 5.02 Å². The molecule has 0 amide bonds. The van der Waals surface area contributed by atoms with E-state index in [1.807, 2.05) is 0 Å². The first-order chi connectivity index (χ1) is 20.1. The molecule has 0 spiro atoms. The van der Waals surface area contributed by atoms with Gasteiger partial charge in [-0.15, -0.1) is 5.10 Å². The maximum atomic E-state index is 13.4. The number of aromatic nitrogens is 3. The molecule has 43 heavy (non-hydrogen) atoms. The van der Waals surface area contributed by atoms with Crippen molar-refractivity contribution in [2.45, 2.75) is 63.1 Å². The largest absolute Gasteiger partial charge is 0.416 e. The SMILES string of the molecule is COCCCC(=O)C[C@H](CC(=O)Cn1nc(-c2ccc(Cl)cc2)n(C[C@H](O)C(F)(F)F)c1=O)c1cccc(C(F)(F)F)c1. The minimum absolute atomic E-state index is 0.0628. The van der Waals surface area contributed by atoms with Crippen molar-refractivity contribution in [3.63, 3.8) is 0 Å². The first kappa shape index (κ1) is 34.0. The zero-order valence-corrected chi connectivity index (χ0v) is 23.5. The second-order valence-corrected chi connectivity index (χ2v) is 10.3. The molecule has 3 aromatic rings. The third kappa shape index (κ3) is 9.50. The summed E-state index contributed by atoms with van der Waals surface area (Å²) >= 11 is 5.87. The second-order valence-electron chi connectivity index (χ2n) is 9.84. The fraction of sp³-hybridized carbons (Fsp3) is 0.429. The molecular weight excluding hydrogens is 608 g/mol. The summed E-state index contributed by atoms with van der Waals surface area (Å²) in [5.74, 6) is -2.29. The number of aliphatic hydroxyl groups excluding tert-OH is 1. The lowest BCUT2D eigenvalue weighted by Crippen LogP contribution is -2.37. The summed E-state index contributed by atoms with van der Waals surface area (Å²) < 4.78 is 85.5. The van der Waals surface area contributed by atoms with Crippen LogP contribution in [0, 0.1) is 0 Å². The number of ketones is 2. The maximum absolute atomic E-state index is 13.4. The lowest BCUT2D eigenvalue weighted by molar-refractivity contribution is -0.207. The Morgan fingerprint density at radius 3 is 2.28 bits per heavy atom. The molecule has 2 aromatic carbocycles. The van der Waals surface area contributed by atoms with E-state index in [0.717, 1.165) is 18.2 Å². The zero-order chi connectivity index (χ0) is 31.9. The highest BCUT2D eigenvalue weighted by atomic mass is 35.5. The third-order valence-electron chi connectivity index (χ3n) is 6.52. The Labute approximate surface area is 246 Å². The monoisotopic (exact) mass is 635 g/mol. The molecule has 8 nitrogen and oxygen atoms in total. The van der Waals surface area contributed by atoms with Gasteiger partial charge in [0, 0.05) is 43.6 Å². The number of methoxy groups -OCH3 is 1. The fourth-order valence-corrected chi connectivity index (χ4v) is 4.50. The molecule has 0 bridgehead atoms. The molecule has 0 aliphatic heterocycles. The molecular formula is C28H28ClF6N3O5. The lowest BCUT2D eigenvalue weighted by Gasteiger charge is -2.18. The van der Waals surface area contributed by atoms with Crippen molar-refractivity contribution in [2.24, 2.45) is 0 Å². The van der Waals surface area contributed by atoms with Gasteiger partial charge in [-0.05, 0) is 48.2 Å². The van der Waals surface area contributed by atoms with E-state index in [0.29, 0.717) is 20.7 Å². The summed E-state index contributed by atoms with van der Waals surface area (Å²) in [6.45, 7) is -1.68. The molecule has 0 saturated heterocycles. The van der Waals surface area contributed by atoms with Crippen molar-refractivity contribution in [2.75, 3.05) is 13.7 Å². The van der Waals surface area contributed by atoms with Gasteiger partial charge in [0.2, 0.25) is 0 Å². The fourth-order valence-electron chi connectivity index (χ4n) is 4.37. The van der Waals surface area contributed by atoms with E-state index in [1.165, 1.54) is 37.4 Å². The van der Waals surface area contributed by atoms with E-state index in [-0.39, 0.29) is 42.2 Å². The van der Waals surface area contributed by atoms with Gasteiger partial charge >= 0.3 is 18.0 Å². The van der Waals surface area contributed by atoms with Crippen LogP contribution in [0.15, 0.2) is 53.3 Å². The molecule has 15 heteroatoms. The van der Waals surface area contributed by atoms with Crippen molar-refractivity contribution in [3.8, 4) is 11.4 Å². The van der Waals surface area contributed by atoms with Crippen LogP contribution in [-0.4, -0.2) is 57.0 Å². The predicted molar refractivity (Wildman–Crippen MR) is 144 cm³/mol. The van der Waals surface area contributed by atoms with Gasteiger partial charge < -0.3 is 9.84 Å². The number of alkyl halides is 6. The first-order valence-electron chi connectivity index (χ1n) is 13.0. The first-order valence-corrected chi connectivity index (χ1v) is 13.4. The van der Waals surface area contributed by atoms with Crippen LogP contribution in [0.1, 0.15) is 42.7 Å². The number of carbonyl (C=O) groups excluding carboxylic acids is 2. The maximum Gasteiger partial charge on any atom is 0.416 e. The van der Waals surface area contributed by atoms with Crippen molar-refractivity contribution in [3.05, 3.63) is 75.2 Å². The third-order valence-corrected chi connectivity index (χ3v) is 6.77. The minimum atomic E-state index is -5.05. The number of Topliss-reactive ketones (excluding diaryl/α,β-unsaturated/α-hetero) is 2. The zero-order valence-electron chi connectivity index (χ0n) is 22.8. The second kappa shape index (κ2) is 14.3. The summed E-state index contributed by atoms with van der Waals surface area (Å²) in [6.07, 6.45) is -12.9. The molecule has 0 radical (unpaired) electrons. The van der Waals surface area contributed by atoms with Crippen LogP contribution >= 0.6 is 11.6 Å². The summed E-state index contributed by atoms with van der Waals surface area (Å²) in [5.41, 5.74) is -1.85. The standard InChI is InChI=1S/C28H28ClF6N3O5/c1-43-11-3-6-22(39)13-19(18-4-2-5-20(12-18)27(30,31)32)14-23(40)15-38-26(42)37(16-24(41)28(33,34)35)25(36-38)17-7-9-21(29)10-8-17/h2,4-5,7-10,12,19,24,41H,3,6,11,13-16H2,1H3/t19-,24+/m1/s1. The number of aliphatic hydroxyl groups is 1. The molecule has 0 aliphatic carbocycles. The summed E-state index contributed by atoms with van der Waals surface area (Å²) in [5, 5.41) is 13.9. The van der Waals surface area contributed by atoms with Crippen LogP contribution in [-0.2, 0) is 33.6 Å². The van der Waals surface area contributed by atoms with Crippen LogP contribution in [0.4, 0.5) is 26.3 Å². The summed E-state index contributed by atoms with van der Waals surface area (Å²) in [6, 6.07) is 9.77. The molecule has 0 unspecified atom stereocenters. The Morgan fingerprint density at radius 1 is 1.02 bits per heavy atom. The van der Waals surface area contributed by atoms with Gasteiger partial charge in [0.15, 0.2) is 17.7 Å². The van der Waals surface area contributed by atoms with Crippen LogP contribution in [0.5, 0.6) is 0 Å². The number of hydrogen-bond donors (Lipinski definition) is 1. The van der Waals surface area contributed by atoms with E-state index in [2.05, 4.69) is 5.10 Å². The lowest BCUT2D eigenvalue weighted by atomic mass is 9.87. The van der Waals surface area contributed by atoms with Crippen molar-refractivity contribution in [1.29, 1.82) is 0 Å². The average molecular weight is 636 g/mol. The molecule has 3 rings (SSSR count). The van der Waals surface area contributed by atoms with E-state index in [9.17, 15) is 45.8 Å². The van der Waals surface area contributed by atoms with E-state index >= 15 is 0 Å². The van der Waals surface area contributed by atoms with Crippen molar-refractivity contribution >= 4 is 23.2 Å². The van der Waals surface area contributed by atoms with E-state index in [4.69, 9.17) is 16.3 Å². The molecule has 1 aromatic heterocycles. The minimum Gasteiger partial charge on any atom is -0.385 e. The number of benzene rings is 2. The van der Waals surface area contributed by atoms with Gasteiger partial charge in [0.25, 0.3) is 0 Å². The number of halogens is 7. The molecule has 1 heterocycles. The Kier molecular flexibility index (Phi) is 11.3. The van der Waals surface area contributed by atoms with E-state index in [1.54, 1.807) is 0 Å². The molecule has 2 atom stereocenters. The smallest absolute Gasteiger partial charge is 0.385 e. The van der Waals surface area contributed by atoms with Gasteiger partial charge in [0.05, 0.1) is 12.1 Å². The number of rotatable bonds is 14. The summed E-state index contributed by atoms with van der Waals surface area (Å²) in [7, 11) is 1.44. The number of hydrogen-bond acceptors (Lipinski definition) is 6. The average Bonchev–Trinajstić information content (AvgIpc) is 3.22. The van der Waals surface area contributed by atoms with Gasteiger partial charge in [-0.25, -0.2) is 9.48 Å². The van der Waals surface area contributed by atoms with Crippen molar-refractivity contribution in [1.82, 2.24) is 14.3 Å². The summed E-state index contributed by atoms with van der Waals surface area (Å²) in [4.78, 5) is 38.8. The quantitative estimate of drug-likeness (QED) is 0.187. The van der Waals surface area contributed by atoms with Gasteiger partial charge in [-0.1, -0.05) is 29.8 Å². The van der Waals surface area contributed by atoms with Gasteiger partial charge in [-0.2, -0.15) is 26.3 Å². The van der Waals surface area contributed by atoms with Crippen LogP contribution < -0.4 is 5.69 Å². The van der Waals surface area contributed by atoms with Crippen molar-refractivity contribution < 1.29 is 45.8 Å². The number of carbonyl (C=O) groups is 2. The molecule has 1 N–H and O–H groups in total. The Bertz CT molecular complexity index is 1470. The highest BCUT2D eigenvalue weighted by molar-refractivity contribution is 6.30. The molecule has 0 aliphatic rings. The Hall–Kier alpha value is -3.49.